The monoisotopic (exact) mass is 408 g/mol. The van der Waals surface area contributed by atoms with E-state index < -0.39 is 5.91 Å². The van der Waals surface area contributed by atoms with E-state index in [4.69, 9.17) is 10.2 Å². The molecule has 0 radical (unpaired) electrons. The lowest BCUT2D eigenvalue weighted by molar-refractivity contribution is -0.134. The number of hydrogen-bond acceptors (Lipinski definition) is 6. The number of amides is 3. The van der Waals surface area contributed by atoms with Gasteiger partial charge in [-0.2, -0.15) is 0 Å². The second-order valence-corrected chi connectivity index (χ2v) is 7.55. The largest absolute Gasteiger partial charge is 0.463 e. The Hall–Kier alpha value is -3.69. The lowest BCUT2D eigenvalue weighted by Crippen LogP contribution is -2.51. The van der Waals surface area contributed by atoms with Crippen molar-refractivity contribution >= 4 is 23.4 Å². The van der Waals surface area contributed by atoms with E-state index in [0.29, 0.717) is 37.6 Å². The van der Waals surface area contributed by atoms with Gasteiger partial charge in [-0.3, -0.25) is 18.8 Å². The van der Waals surface area contributed by atoms with Crippen molar-refractivity contribution in [2.24, 2.45) is 11.7 Å². The van der Waals surface area contributed by atoms with Gasteiger partial charge in [-0.05, 0) is 31.0 Å². The van der Waals surface area contributed by atoms with E-state index in [1.807, 2.05) is 4.90 Å². The molecule has 10 nitrogen and oxygen atoms in total. The van der Waals surface area contributed by atoms with Crippen LogP contribution in [-0.2, 0) is 4.79 Å². The molecule has 3 aromatic rings. The molecule has 3 amide bonds. The topological polar surface area (TPSA) is 127 Å². The van der Waals surface area contributed by atoms with Crippen molar-refractivity contribution in [3.8, 4) is 11.5 Å². The molecule has 5 rings (SSSR count). The summed E-state index contributed by atoms with van der Waals surface area (Å²) in [6.07, 6.45) is 4.87. The highest BCUT2D eigenvalue weighted by atomic mass is 16.3. The molecule has 1 aliphatic carbocycles. The number of fused-ring (bicyclic) bond motifs is 1. The molecule has 0 spiro atoms. The van der Waals surface area contributed by atoms with Gasteiger partial charge in [0.25, 0.3) is 11.8 Å². The number of primary amides is 1. The minimum atomic E-state index is -0.729. The van der Waals surface area contributed by atoms with Crippen LogP contribution in [0.1, 0.15) is 33.8 Å². The SMILES string of the molecule is NC(=O)c1ncn2c(-c3ccco3)cc(C(=O)N3CCN(C(=O)C4CC4)CC3)nc12. The molecule has 2 fully saturated rings. The Morgan fingerprint density at radius 2 is 1.83 bits per heavy atom. The molecule has 10 heteroatoms. The van der Waals surface area contributed by atoms with E-state index in [2.05, 4.69) is 9.97 Å². The molecule has 0 atom stereocenters. The van der Waals surface area contributed by atoms with Crippen molar-refractivity contribution in [2.75, 3.05) is 26.2 Å². The molecule has 2 N–H and O–H groups in total. The number of aromatic nitrogens is 3. The molecule has 30 heavy (non-hydrogen) atoms. The van der Waals surface area contributed by atoms with Crippen LogP contribution >= 0.6 is 0 Å². The molecule has 0 unspecified atom stereocenters. The first-order valence-corrected chi connectivity index (χ1v) is 9.83. The van der Waals surface area contributed by atoms with Gasteiger partial charge in [0.05, 0.1) is 12.0 Å². The number of carbonyl (C=O) groups excluding carboxylic acids is 3. The molecule has 2 aliphatic rings. The highest BCUT2D eigenvalue weighted by molar-refractivity contribution is 5.99. The Balaban J connectivity index is 1.46. The van der Waals surface area contributed by atoms with Gasteiger partial charge in [0, 0.05) is 32.1 Å². The van der Waals surface area contributed by atoms with Crippen molar-refractivity contribution in [2.45, 2.75) is 12.8 Å². The molecule has 0 aromatic carbocycles. The summed E-state index contributed by atoms with van der Waals surface area (Å²) in [5.74, 6) is -0.147. The molecule has 0 bridgehead atoms. The second-order valence-electron chi connectivity index (χ2n) is 7.55. The summed E-state index contributed by atoms with van der Waals surface area (Å²) in [5.41, 5.74) is 6.31. The average Bonchev–Trinajstić information content (AvgIpc) is 3.28. The smallest absolute Gasteiger partial charge is 0.272 e. The number of imidazole rings is 1. The molecular formula is C20H20N6O4. The Morgan fingerprint density at radius 3 is 2.47 bits per heavy atom. The zero-order valence-electron chi connectivity index (χ0n) is 16.2. The van der Waals surface area contributed by atoms with Crippen molar-refractivity contribution in [1.29, 1.82) is 0 Å². The standard InChI is InChI=1S/C20H20N6O4/c21-17(27)16-18-23-13(10-14(26(18)11-22-16)15-2-1-9-30-15)20(29)25-7-5-24(6-8-25)19(28)12-3-4-12/h1-2,9-12H,3-8H2,(H2,21,27). The predicted molar refractivity (Wildman–Crippen MR) is 104 cm³/mol. The highest BCUT2D eigenvalue weighted by Crippen LogP contribution is 2.31. The molecule has 1 saturated heterocycles. The third-order valence-corrected chi connectivity index (χ3v) is 5.53. The lowest BCUT2D eigenvalue weighted by Gasteiger charge is -2.34. The third-order valence-electron chi connectivity index (χ3n) is 5.53. The van der Waals surface area contributed by atoms with E-state index in [1.54, 1.807) is 27.5 Å². The van der Waals surface area contributed by atoms with Gasteiger partial charge in [0.15, 0.2) is 17.1 Å². The maximum atomic E-state index is 13.2. The minimum Gasteiger partial charge on any atom is -0.463 e. The molecule has 154 valence electrons. The van der Waals surface area contributed by atoms with Gasteiger partial charge in [-0.15, -0.1) is 0 Å². The van der Waals surface area contributed by atoms with Crippen LogP contribution in [-0.4, -0.2) is 68.1 Å². The molecular weight excluding hydrogens is 388 g/mol. The second kappa shape index (κ2) is 6.97. The fourth-order valence-corrected chi connectivity index (χ4v) is 3.75. The molecule has 1 saturated carbocycles. The predicted octanol–water partition coefficient (Wildman–Crippen LogP) is 0.783. The number of nitrogens with zero attached hydrogens (tertiary/aromatic N) is 5. The lowest BCUT2D eigenvalue weighted by atomic mass is 10.2. The summed E-state index contributed by atoms with van der Waals surface area (Å²) < 4.78 is 7.06. The van der Waals surface area contributed by atoms with E-state index in [1.165, 1.54) is 12.6 Å². The first-order valence-electron chi connectivity index (χ1n) is 9.83. The van der Waals surface area contributed by atoms with Crippen LogP contribution < -0.4 is 5.73 Å². The first kappa shape index (κ1) is 18.3. The maximum Gasteiger partial charge on any atom is 0.272 e. The van der Waals surface area contributed by atoms with Gasteiger partial charge >= 0.3 is 0 Å². The van der Waals surface area contributed by atoms with E-state index in [9.17, 15) is 14.4 Å². The summed E-state index contributed by atoms with van der Waals surface area (Å²) in [6, 6.07) is 5.09. The summed E-state index contributed by atoms with van der Waals surface area (Å²) in [5, 5.41) is 0. The van der Waals surface area contributed by atoms with E-state index in [-0.39, 0.29) is 34.8 Å². The number of nitrogens with two attached hydrogens (primary N) is 1. The van der Waals surface area contributed by atoms with Gasteiger partial charge < -0.3 is 20.0 Å². The van der Waals surface area contributed by atoms with Crippen molar-refractivity contribution in [3.05, 3.63) is 42.2 Å². The van der Waals surface area contributed by atoms with Crippen LogP contribution in [0.3, 0.4) is 0 Å². The fourth-order valence-electron chi connectivity index (χ4n) is 3.75. The zero-order valence-corrected chi connectivity index (χ0v) is 16.2. The Bertz CT molecular complexity index is 1140. The van der Waals surface area contributed by atoms with Gasteiger partial charge in [-0.1, -0.05) is 0 Å². The quantitative estimate of drug-likeness (QED) is 0.680. The van der Waals surface area contributed by atoms with Crippen LogP contribution in [0.25, 0.3) is 17.1 Å². The highest BCUT2D eigenvalue weighted by Gasteiger charge is 2.35. The molecule has 4 heterocycles. The van der Waals surface area contributed by atoms with Crippen LogP contribution in [0.2, 0.25) is 0 Å². The van der Waals surface area contributed by atoms with Crippen LogP contribution in [0.5, 0.6) is 0 Å². The number of carbonyl (C=O) groups is 3. The fraction of sp³-hybridized carbons (Fsp3) is 0.350. The summed E-state index contributed by atoms with van der Waals surface area (Å²) in [7, 11) is 0. The van der Waals surface area contributed by atoms with Crippen molar-refractivity contribution in [1.82, 2.24) is 24.2 Å². The van der Waals surface area contributed by atoms with Crippen LogP contribution in [0.15, 0.2) is 35.2 Å². The Labute approximate surface area is 171 Å². The number of hydrogen-bond donors (Lipinski definition) is 1. The minimum absolute atomic E-state index is 0.0164. The third kappa shape index (κ3) is 3.10. The maximum absolute atomic E-state index is 13.2. The number of furan rings is 1. The number of rotatable bonds is 4. The molecule has 3 aromatic heterocycles. The summed E-state index contributed by atoms with van der Waals surface area (Å²) in [6.45, 7) is 1.88. The van der Waals surface area contributed by atoms with Gasteiger partial charge in [-0.25, -0.2) is 9.97 Å². The van der Waals surface area contributed by atoms with Crippen LogP contribution in [0, 0.1) is 5.92 Å². The normalized spacial score (nSPS) is 16.8. The van der Waals surface area contributed by atoms with Gasteiger partial charge in [0.2, 0.25) is 5.91 Å². The van der Waals surface area contributed by atoms with E-state index in [0.717, 1.165) is 12.8 Å². The Kier molecular flexibility index (Phi) is 4.27. The average molecular weight is 408 g/mol. The van der Waals surface area contributed by atoms with Crippen molar-refractivity contribution in [3.63, 3.8) is 0 Å². The van der Waals surface area contributed by atoms with Crippen molar-refractivity contribution < 1.29 is 18.8 Å². The van der Waals surface area contributed by atoms with E-state index >= 15 is 0 Å². The van der Waals surface area contributed by atoms with Gasteiger partial charge in [0.1, 0.15) is 12.0 Å². The molecule has 1 aliphatic heterocycles. The Morgan fingerprint density at radius 1 is 1.10 bits per heavy atom. The number of piperazine rings is 1. The zero-order chi connectivity index (χ0) is 20.8. The first-order chi connectivity index (χ1) is 14.5. The van der Waals surface area contributed by atoms with Crippen LogP contribution in [0.4, 0.5) is 0 Å². The summed E-state index contributed by atoms with van der Waals surface area (Å²) in [4.78, 5) is 49.1. The summed E-state index contributed by atoms with van der Waals surface area (Å²) >= 11 is 0.